The Morgan fingerprint density at radius 2 is 1.85 bits per heavy atom. The number of aryl methyl sites for hydroxylation is 1. The lowest BCUT2D eigenvalue weighted by atomic mass is 10.1. The fraction of sp³-hybridized carbons (Fsp3) is 0.476. The number of aromatic amines is 1. The van der Waals surface area contributed by atoms with E-state index in [9.17, 15) is 9.59 Å². The fourth-order valence-electron chi connectivity index (χ4n) is 3.38. The maximum absolute atomic E-state index is 11.9. The molecule has 1 N–H and O–H groups in total. The molecule has 2 aromatic rings. The first-order valence-corrected chi connectivity index (χ1v) is 9.72. The third-order valence-electron chi connectivity index (χ3n) is 5.03. The molecular formula is C21H28N4O2. The number of H-pyrrole nitrogens is 1. The van der Waals surface area contributed by atoms with Crippen molar-refractivity contribution in [3.05, 3.63) is 51.9 Å². The summed E-state index contributed by atoms with van der Waals surface area (Å²) in [6, 6.07) is 9.80. The van der Waals surface area contributed by atoms with Gasteiger partial charge in [0.1, 0.15) is 5.82 Å². The zero-order valence-corrected chi connectivity index (χ0v) is 16.2. The molecule has 1 aliphatic heterocycles. The van der Waals surface area contributed by atoms with Crippen LogP contribution < -0.4 is 5.56 Å². The van der Waals surface area contributed by atoms with E-state index in [1.54, 1.807) is 13.0 Å². The lowest BCUT2D eigenvalue weighted by molar-refractivity contribution is -0.130. The van der Waals surface area contributed by atoms with Crippen molar-refractivity contribution >= 4 is 5.91 Å². The van der Waals surface area contributed by atoms with Gasteiger partial charge in [-0.25, -0.2) is 4.98 Å². The maximum atomic E-state index is 11.9. The van der Waals surface area contributed by atoms with Crippen LogP contribution in [0.1, 0.15) is 37.9 Å². The number of hydrogen-bond acceptors (Lipinski definition) is 4. The third-order valence-corrected chi connectivity index (χ3v) is 5.03. The number of nitrogens with zero attached hydrogens (tertiary/aromatic N) is 3. The zero-order valence-electron chi connectivity index (χ0n) is 16.2. The molecule has 0 aliphatic carbocycles. The molecule has 0 atom stereocenters. The van der Waals surface area contributed by atoms with Gasteiger partial charge in [0.05, 0.1) is 0 Å². The molecule has 0 unspecified atom stereocenters. The summed E-state index contributed by atoms with van der Waals surface area (Å²) in [5.74, 6) is 0.789. The van der Waals surface area contributed by atoms with Crippen LogP contribution in [0.15, 0.2) is 35.1 Å². The van der Waals surface area contributed by atoms with Gasteiger partial charge in [0.15, 0.2) is 0 Å². The van der Waals surface area contributed by atoms with E-state index < -0.39 is 0 Å². The van der Waals surface area contributed by atoms with Gasteiger partial charge in [-0.3, -0.25) is 14.5 Å². The second kappa shape index (κ2) is 8.95. The molecule has 0 spiro atoms. The van der Waals surface area contributed by atoms with Crippen molar-refractivity contribution in [1.82, 2.24) is 19.8 Å². The number of benzene rings is 1. The number of rotatable bonds is 6. The SMILES string of the molecule is CCCCc1cc(=O)[nH]c(-c2ccc(CN3CCN(C(C)=O)CC3)cc2)n1. The average molecular weight is 368 g/mol. The Morgan fingerprint density at radius 1 is 1.15 bits per heavy atom. The molecule has 1 fully saturated rings. The van der Waals surface area contributed by atoms with Gasteiger partial charge in [0, 0.05) is 57.0 Å². The number of aromatic nitrogens is 2. The Kier molecular flexibility index (Phi) is 6.40. The molecule has 0 radical (unpaired) electrons. The molecule has 1 amide bonds. The molecule has 0 saturated carbocycles. The van der Waals surface area contributed by atoms with Gasteiger partial charge in [0.2, 0.25) is 5.91 Å². The maximum Gasteiger partial charge on any atom is 0.251 e. The van der Waals surface area contributed by atoms with Gasteiger partial charge in [-0.05, 0) is 18.4 Å². The Labute approximate surface area is 160 Å². The van der Waals surface area contributed by atoms with Gasteiger partial charge in [-0.15, -0.1) is 0 Å². The normalized spacial score (nSPS) is 15.1. The quantitative estimate of drug-likeness (QED) is 0.850. The Balaban J connectivity index is 1.65. The van der Waals surface area contributed by atoms with Crippen LogP contribution in [-0.2, 0) is 17.8 Å². The predicted molar refractivity (Wildman–Crippen MR) is 106 cm³/mol. The van der Waals surface area contributed by atoms with Gasteiger partial charge in [0.25, 0.3) is 5.56 Å². The number of piperazine rings is 1. The zero-order chi connectivity index (χ0) is 19.2. The molecule has 1 aromatic heterocycles. The van der Waals surface area contributed by atoms with E-state index in [0.717, 1.165) is 63.2 Å². The molecule has 1 saturated heterocycles. The number of carbonyl (C=O) groups is 1. The molecule has 0 bridgehead atoms. The van der Waals surface area contributed by atoms with E-state index in [4.69, 9.17) is 0 Å². The monoisotopic (exact) mass is 368 g/mol. The van der Waals surface area contributed by atoms with Gasteiger partial charge >= 0.3 is 0 Å². The van der Waals surface area contributed by atoms with Crippen molar-refractivity contribution in [3.63, 3.8) is 0 Å². The van der Waals surface area contributed by atoms with Crippen LogP contribution in [0.25, 0.3) is 11.4 Å². The lowest BCUT2D eigenvalue weighted by Gasteiger charge is -2.34. The number of unbranched alkanes of at least 4 members (excludes halogenated alkanes) is 1. The topological polar surface area (TPSA) is 69.3 Å². The summed E-state index contributed by atoms with van der Waals surface area (Å²) >= 11 is 0. The fourth-order valence-corrected chi connectivity index (χ4v) is 3.38. The molecule has 1 aromatic carbocycles. The standard InChI is InChI=1S/C21H28N4O2/c1-3-4-5-19-14-20(27)23-21(22-19)18-8-6-17(7-9-18)15-24-10-12-25(13-11-24)16(2)26/h6-9,14H,3-5,10-13,15H2,1-2H3,(H,22,23,27). The number of nitrogens with one attached hydrogen (secondary N) is 1. The van der Waals surface area contributed by atoms with Gasteiger partial charge < -0.3 is 9.88 Å². The minimum Gasteiger partial charge on any atom is -0.340 e. The van der Waals surface area contributed by atoms with Crippen LogP contribution in [0.2, 0.25) is 0 Å². The smallest absolute Gasteiger partial charge is 0.251 e. The summed E-state index contributed by atoms with van der Waals surface area (Å²) in [5.41, 5.74) is 2.90. The summed E-state index contributed by atoms with van der Waals surface area (Å²) in [6.45, 7) is 8.01. The number of amides is 1. The number of hydrogen-bond donors (Lipinski definition) is 1. The Morgan fingerprint density at radius 3 is 2.48 bits per heavy atom. The van der Waals surface area contributed by atoms with Crippen molar-refractivity contribution in [2.45, 2.75) is 39.7 Å². The molecular weight excluding hydrogens is 340 g/mol. The van der Waals surface area contributed by atoms with E-state index in [2.05, 4.69) is 33.9 Å². The second-order valence-corrected chi connectivity index (χ2v) is 7.17. The summed E-state index contributed by atoms with van der Waals surface area (Å²) in [6.07, 6.45) is 2.95. The summed E-state index contributed by atoms with van der Waals surface area (Å²) < 4.78 is 0. The summed E-state index contributed by atoms with van der Waals surface area (Å²) in [5, 5.41) is 0. The minimum absolute atomic E-state index is 0.0986. The summed E-state index contributed by atoms with van der Waals surface area (Å²) in [4.78, 5) is 35.0. The lowest BCUT2D eigenvalue weighted by Crippen LogP contribution is -2.47. The molecule has 3 rings (SSSR count). The van der Waals surface area contributed by atoms with Crippen molar-refractivity contribution in [1.29, 1.82) is 0 Å². The van der Waals surface area contributed by atoms with Gasteiger partial charge in [-0.2, -0.15) is 0 Å². The Hall–Kier alpha value is -2.47. The van der Waals surface area contributed by atoms with Crippen molar-refractivity contribution in [2.75, 3.05) is 26.2 Å². The summed E-state index contributed by atoms with van der Waals surface area (Å²) in [7, 11) is 0. The van der Waals surface area contributed by atoms with Crippen LogP contribution in [0.5, 0.6) is 0 Å². The highest BCUT2D eigenvalue weighted by Crippen LogP contribution is 2.17. The molecule has 6 heteroatoms. The van der Waals surface area contributed by atoms with Crippen LogP contribution in [0.4, 0.5) is 0 Å². The minimum atomic E-state index is -0.0986. The van der Waals surface area contributed by atoms with Crippen LogP contribution in [0, 0.1) is 0 Å². The molecule has 2 heterocycles. The van der Waals surface area contributed by atoms with Crippen molar-refractivity contribution < 1.29 is 4.79 Å². The average Bonchev–Trinajstić information content (AvgIpc) is 2.67. The van der Waals surface area contributed by atoms with E-state index in [-0.39, 0.29) is 11.5 Å². The van der Waals surface area contributed by atoms with E-state index in [0.29, 0.717) is 5.82 Å². The third kappa shape index (κ3) is 5.26. The first-order chi connectivity index (χ1) is 13.0. The molecule has 27 heavy (non-hydrogen) atoms. The van der Waals surface area contributed by atoms with E-state index in [1.807, 2.05) is 17.0 Å². The van der Waals surface area contributed by atoms with Gasteiger partial charge in [-0.1, -0.05) is 37.6 Å². The molecule has 1 aliphatic rings. The highest BCUT2D eigenvalue weighted by atomic mass is 16.2. The first-order valence-electron chi connectivity index (χ1n) is 9.72. The van der Waals surface area contributed by atoms with E-state index in [1.165, 1.54) is 5.56 Å². The predicted octanol–water partition coefficient (Wildman–Crippen LogP) is 2.44. The van der Waals surface area contributed by atoms with Crippen LogP contribution in [0.3, 0.4) is 0 Å². The number of carbonyl (C=O) groups excluding carboxylic acids is 1. The van der Waals surface area contributed by atoms with Crippen LogP contribution in [-0.4, -0.2) is 51.9 Å². The highest BCUT2D eigenvalue weighted by Gasteiger charge is 2.18. The van der Waals surface area contributed by atoms with Crippen LogP contribution >= 0.6 is 0 Å². The first kappa shape index (κ1) is 19.3. The van der Waals surface area contributed by atoms with Crippen molar-refractivity contribution in [2.24, 2.45) is 0 Å². The van der Waals surface area contributed by atoms with E-state index >= 15 is 0 Å². The molecule has 144 valence electrons. The highest BCUT2D eigenvalue weighted by molar-refractivity contribution is 5.73. The largest absolute Gasteiger partial charge is 0.340 e. The van der Waals surface area contributed by atoms with Crippen molar-refractivity contribution in [3.8, 4) is 11.4 Å². The second-order valence-electron chi connectivity index (χ2n) is 7.17. The molecule has 6 nitrogen and oxygen atoms in total. The Bertz CT molecular complexity index is 821.